The van der Waals surface area contributed by atoms with E-state index in [9.17, 15) is 0 Å². The van der Waals surface area contributed by atoms with Crippen LogP contribution in [0.3, 0.4) is 0 Å². The van der Waals surface area contributed by atoms with Crippen molar-refractivity contribution in [1.82, 2.24) is 5.32 Å². The lowest BCUT2D eigenvalue weighted by molar-refractivity contribution is 0.253. The van der Waals surface area contributed by atoms with Gasteiger partial charge in [0.15, 0.2) is 0 Å². The van der Waals surface area contributed by atoms with Crippen LogP contribution in [-0.4, -0.2) is 24.7 Å². The van der Waals surface area contributed by atoms with Crippen LogP contribution in [0.4, 0.5) is 0 Å². The van der Waals surface area contributed by atoms with Gasteiger partial charge in [0.25, 0.3) is 0 Å². The molecule has 0 saturated heterocycles. The largest absolute Gasteiger partial charge is 0.492 e. The molecule has 0 bridgehead atoms. The summed E-state index contributed by atoms with van der Waals surface area (Å²) in [6.07, 6.45) is 3.07. The van der Waals surface area contributed by atoms with Crippen molar-refractivity contribution in [3.8, 4) is 5.75 Å². The first-order valence-electron chi connectivity index (χ1n) is 5.99. The molecule has 18 heavy (non-hydrogen) atoms. The molecule has 100 valence electrons. The van der Waals surface area contributed by atoms with Crippen LogP contribution >= 0.6 is 35.0 Å². The quantitative estimate of drug-likeness (QED) is 0.902. The fourth-order valence-corrected chi connectivity index (χ4v) is 2.86. The maximum atomic E-state index is 6.16. The minimum atomic E-state index is 0.277. The molecule has 1 heterocycles. The van der Waals surface area contributed by atoms with Crippen molar-refractivity contribution < 1.29 is 4.74 Å². The Kier molecular flexibility index (Phi) is 5.07. The Labute approximate surface area is 122 Å². The third-order valence-electron chi connectivity index (χ3n) is 3.12. The van der Waals surface area contributed by atoms with Gasteiger partial charge in [0.2, 0.25) is 0 Å². The summed E-state index contributed by atoms with van der Waals surface area (Å²) < 4.78 is 5.64. The number of ether oxygens (including phenoxy) is 1. The predicted octanol–water partition coefficient (Wildman–Crippen LogP) is 4.16. The lowest BCUT2D eigenvalue weighted by atomic mass is 10.0. The van der Waals surface area contributed by atoms with Gasteiger partial charge in [-0.1, -0.05) is 30.1 Å². The maximum Gasteiger partial charge on any atom is 0.142 e. The fraction of sp³-hybridized carbons (Fsp3) is 0.538. The molecule has 1 aromatic carbocycles. The Morgan fingerprint density at radius 1 is 1.50 bits per heavy atom. The highest BCUT2D eigenvalue weighted by Gasteiger charge is 2.24. The van der Waals surface area contributed by atoms with Gasteiger partial charge < -0.3 is 10.1 Å². The fourth-order valence-electron chi connectivity index (χ4n) is 2.03. The number of rotatable bonds is 4. The van der Waals surface area contributed by atoms with Crippen molar-refractivity contribution in [2.45, 2.75) is 24.6 Å². The Hall–Kier alpha value is -0.0900. The minimum Gasteiger partial charge on any atom is -0.492 e. The van der Waals surface area contributed by atoms with Crippen molar-refractivity contribution in [3.63, 3.8) is 0 Å². The van der Waals surface area contributed by atoms with Gasteiger partial charge in [-0.05, 0) is 18.4 Å². The Balaban J connectivity index is 2.17. The van der Waals surface area contributed by atoms with E-state index in [0.717, 1.165) is 24.3 Å². The van der Waals surface area contributed by atoms with Gasteiger partial charge in [0.05, 0.1) is 11.6 Å². The number of fused-ring (bicyclic) bond motifs is 1. The van der Waals surface area contributed by atoms with Crippen LogP contribution in [0.5, 0.6) is 5.75 Å². The van der Waals surface area contributed by atoms with E-state index < -0.39 is 0 Å². The summed E-state index contributed by atoms with van der Waals surface area (Å²) in [5.74, 6) is 0.779. The van der Waals surface area contributed by atoms with Crippen molar-refractivity contribution in [2.75, 3.05) is 19.4 Å². The third-order valence-corrected chi connectivity index (χ3v) is 4.59. The summed E-state index contributed by atoms with van der Waals surface area (Å²) in [7, 11) is 0. The molecular weight excluding hydrogens is 289 g/mol. The average Bonchev–Trinajstić information content (AvgIpc) is 2.36. The summed E-state index contributed by atoms with van der Waals surface area (Å²) in [6.45, 7) is 3.87. The van der Waals surface area contributed by atoms with E-state index >= 15 is 0 Å². The van der Waals surface area contributed by atoms with Crippen molar-refractivity contribution in [1.29, 1.82) is 0 Å². The lowest BCUT2D eigenvalue weighted by Crippen LogP contribution is -2.31. The van der Waals surface area contributed by atoms with Gasteiger partial charge in [0.1, 0.15) is 5.75 Å². The molecule has 2 atom stereocenters. The molecule has 0 saturated carbocycles. The second-order valence-corrected chi connectivity index (χ2v) is 6.57. The van der Waals surface area contributed by atoms with E-state index in [-0.39, 0.29) is 6.04 Å². The molecule has 1 aromatic rings. The molecular formula is C13H17Cl2NOS. The highest BCUT2D eigenvalue weighted by molar-refractivity contribution is 7.99. The highest BCUT2D eigenvalue weighted by atomic mass is 35.5. The van der Waals surface area contributed by atoms with E-state index in [2.05, 4.69) is 18.5 Å². The van der Waals surface area contributed by atoms with Crippen LogP contribution in [-0.2, 0) is 0 Å². The second-order valence-electron chi connectivity index (χ2n) is 4.45. The molecule has 0 aliphatic carbocycles. The average molecular weight is 306 g/mol. The number of thioether (sulfide) groups is 1. The molecule has 0 amide bonds. The number of hydrogen-bond acceptors (Lipinski definition) is 3. The molecule has 2 rings (SSSR count). The smallest absolute Gasteiger partial charge is 0.142 e. The SMILES string of the molecule is CSC(C)CNC1CCOc2c(Cl)cc(Cl)cc21. The molecule has 1 aliphatic heterocycles. The summed E-state index contributed by atoms with van der Waals surface area (Å²) in [5, 5.41) is 5.41. The first-order chi connectivity index (χ1) is 8.61. The molecule has 0 spiro atoms. The Morgan fingerprint density at radius 2 is 2.28 bits per heavy atom. The van der Waals surface area contributed by atoms with E-state index in [0.29, 0.717) is 21.9 Å². The van der Waals surface area contributed by atoms with E-state index in [4.69, 9.17) is 27.9 Å². The van der Waals surface area contributed by atoms with Crippen LogP contribution in [0.25, 0.3) is 0 Å². The molecule has 1 aliphatic rings. The normalized spacial score (nSPS) is 20.1. The van der Waals surface area contributed by atoms with Crippen LogP contribution in [0.2, 0.25) is 10.0 Å². The molecule has 0 aromatic heterocycles. The zero-order valence-electron chi connectivity index (χ0n) is 10.5. The van der Waals surface area contributed by atoms with Crippen LogP contribution in [0.15, 0.2) is 12.1 Å². The summed E-state index contributed by atoms with van der Waals surface area (Å²) in [4.78, 5) is 0. The van der Waals surface area contributed by atoms with Crippen LogP contribution in [0.1, 0.15) is 24.9 Å². The standard InChI is InChI=1S/C13H17Cl2NOS/c1-8(18-2)7-16-12-3-4-17-13-10(12)5-9(14)6-11(13)15/h5-6,8,12,16H,3-4,7H2,1-2H3. The summed E-state index contributed by atoms with van der Waals surface area (Å²) in [6, 6.07) is 3.96. The van der Waals surface area contributed by atoms with Gasteiger partial charge in [0, 0.05) is 34.8 Å². The van der Waals surface area contributed by atoms with E-state index in [1.165, 1.54) is 0 Å². The number of halogens is 2. The highest BCUT2D eigenvalue weighted by Crippen LogP contribution is 2.39. The molecule has 0 fully saturated rings. The Morgan fingerprint density at radius 3 is 3.00 bits per heavy atom. The van der Waals surface area contributed by atoms with Gasteiger partial charge in [-0.25, -0.2) is 0 Å². The molecule has 1 N–H and O–H groups in total. The molecule has 5 heteroatoms. The minimum absolute atomic E-state index is 0.277. The van der Waals surface area contributed by atoms with Crippen molar-refractivity contribution >= 4 is 35.0 Å². The Bertz CT molecular complexity index is 428. The van der Waals surface area contributed by atoms with Crippen molar-refractivity contribution in [3.05, 3.63) is 27.7 Å². The summed E-state index contributed by atoms with van der Waals surface area (Å²) in [5.41, 5.74) is 1.08. The zero-order chi connectivity index (χ0) is 13.1. The number of hydrogen-bond donors (Lipinski definition) is 1. The van der Waals surface area contributed by atoms with Gasteiger partial charge in [-0.15, -0.1) is 0 Å². The molecule has 2 nitrogen and oxygen atoms in total. The zero-order valence-corrected chi connectivity index (χ0v) is 12.8. The third kappa shape index (κ3) is 3.27. The first kappa shape index (κ1) is 14.3. The van der Waals surface area contributed by atoms with Crippen molar-refractivity contribution in [2.24, 2.45) is 0 Å². The maximum absolute atomic E-state index is 6.16. The van der Waals surface area contributed by atoms with Gasteiger partial charge >= 0.3 is 0 Å². The van der Waals surface area contributed by atoms with Crippen LogP contribution in [0, 0.1) is 0 Å². The van der Waals surface area contributed by atoms with E-state index in [1.54, 1.807) is 6.07 Å². The van der Waals surface area contributed by atoms with E-state index in [1.807, 2.05) is 17.8 Å². The predicted molar refractivity (Wildman–Crippen MR) is 80.3 cm³/mol. The van der Waals surface area contributed by atoms with Gasteiger partial charge in [-0.2, -0.15) is 11.8 Å². The second kappa shape index (κ2) is 6.38. The first-order valence-corrected chi connectivity index (χ1v) is 8.04. The lowest BCUT2D eigenvalue weighted by Gasteiger charge is -2.28. The molecule has 0 radical (unpaired) electrons. The topological polar surface area (TPSA) is 21.3 Å². The number of benzene rings is 1. The monoisotopic (exact) mass is 305 g/mol. The molecule has 2 unspecified atom stereocenters. The van der Waals surface area contributed by atoms with Gasteiger partial charge in [-0.3, -0.25) is 0 Å². The summed E-state index contributed by atoms with van der Waals surface area (Å²) >= 11 is 14.1. The van der Waals surface area contributed by atoms with Crippen LogP contribution < -0.4 is 10.1 Å². The number of nitrogens with one attached hydrogen (secondary N) is 1.